The van der Waals surface area contributed by atoms with Crippen LogP contribution in [0.3, 0.4) is 0 Å². The van der Waals surface area contributed by atoms with E-state index < -0.39 is 4.92 Å². The normalized spacial score (nSPS) is 11.0. The molecule has 0 spiro atoms. The van der Waals surface area contributed by atoms with Gasteiger partial charge in [0, 0.05) is 28.1 Å². The topological polar surface area (TPSA) is 160 Å². The molecule has 0 fully saturated rings. The summed E-state index contributed by atoms with van der Waals surface area (Å²) in [5.74, 6) is 2.57. The first-order valence-corrected chi connectivity index (χ1v) is 9.10. The van der Waals surface area contributed by atoms with E-state index in [0.717, 1.165) is 0 Å². The number of thioether (sulfide) groups is 1. The minimum atomic E-state index is -0.473. The molecule has 0 unspecified atom stereocenters. The SMILES string of the molecule is Cc1ncc([N+](=O)[O-])n1Cc1nnc(SCc2nc(N)nc(N(C)C)n2)n1C. The van der Waals surface area contributed by atoms with Crippen molar-refractivity contribution in [2.24, 2.45) is 7.05 Å². The summed E-state index contributed by atoms with van der Waals surface area (Å²) < 4.78 is 3.25. The predicted molar refractivity (Wildman–Crippen MR) is 102 cm³/mol. The summed E-state index contributed by atoms with van der Waals surface area (Å²) in [6.07, 6.45) is 1.23. The first-order valence-electron chi connectivity index (χ1n) is 8.11. The van der Waals surface area contributed by atoms with Gasteiger partial charge in [0.25, 0.3) is 0 Å². The van der Waals surface area contributed by atoms with Crippen LogP contribution in [0, 0.1) is 17.0 Å². The van der Waals surface area contributed by atoms with Crippen LogP contribution in [0.1, 0.15) is 17.5 Å². The summed E-state index contributed by atoms with van der Waals surface area (Å²) >= 11 is 1.38. The van der Waals surface area contributed by atoms with E-state index in [1.807, 2.05) is 14.1 Å². The second kappa shape index (κ2) is 7.75. The van der Waals surface area contributed by atoms with Crippen molar-refractivity contribution in [1.29, 1.82) is 0 Å². The van der Waals surface area contributed by atoms with Gasteiger partial charge < -0.3 is 25.3 Å². The van der Waals surface area contributed by atoms with Gasteiger partial charge in [-0.2, -0.15) is 15.0 Å². The molecular formula is C14H19N11O2S. The third kappa shape index (κ3) is 4.00. The Morgan fingerprint density at radius 1 is 1.29 bits per heavy atom. The van der Waals surface area contributed by atoms with Gasteiger partial charge in [0.15, 0.2) is 23.4 Å². The lowest BCUT2D eigenvalue weighted by Gasteiger charge is -2.11. The van der Waals surface area contributed by atoms with Crippen LogP contribution in [0.2, 0.25) is 0 Å². The molecule has 0 radical (unpaired) electrons. The Kier molecular flexibility index (Phi) is 5.39. The number of nitro groups is 1. The average Bonchev–Trinajstić information content (AvgIpc) is 3.17. The van der Waals surface area contributed by atoms with E-state index in [-0.39, 0.29) is 18.3 Å². The monoisotopic (exact) mass is 405 g/mol. The van der Waals surface area contributed by atoms with Gasteiger partial charge in [-0.3, -0.25) is 0 Å². The largest absolute Gasteiger partial charge is 0.368 e. The fraction of sp³-hybridized carbons (Fsp3) is 0.429. The summed E-state index contributed by atoms with van der Waals surface area (Å²) in [5, 5.41) is 20.1. The molecule has 0 saturated carbocycles. The maximum Gasteiger partial charge on any atom is 0.343 e. The van der Waals surface area contributed by atoms with E-state index >= 15 is 0 Å². The molecule has 0 amide bonds. The van der Waals surface area contributed by atoms with Gasteiger partial charge in [0.1, 0.15) is 12.0 Å². The Labute approximate surface area is 164 Å². The summed E-state index contributed by atoms with van der Waals surface area (Å²) in [6.45, 7) is 1.89. The van der Waals surface area contributed by atoms with Crippen LogP contribution in [0.4, 0.5) is 17.7 Å². The zero-order valence-electron chi connectivity index (χ0n) is 15.8. The lowest BCUT2D eigenvalue weighted by molar-refractivity contribution is -0.392. The van der Waals surface area contributed by atoms with E-state index in [1.165, 1.54) is 22.5 Å². The third-order valence-corrected chi connectivity index (χ3v) is 4.88. The first kappa shape index (κ1) is 19.5. The highest BCUT2D eigenvalue weighted by atomic mass is 32.2. The summed E-state index contributed by atoms with van der Waals surface area (Å²) in [7, 11) is 5.43. The molecule has 13 nitrogen and oxygen atoms in total. The smallest absolute Gasteiger partial charge is 0.343 e. The number of imidazole rings is 1. The van der Waals surface area contributed by atoms with Gasteiger partial charge in [0.2, 0.25) is 11.9 Å². The molecule has 2 N–H and O–H groups in total. The Morgan fingerprint density at radius 3 is 2.71 bits per heavy atom. The van der Waals surface area contributed by atoms with E-state index in [2.05, 4.69) is 30.1 Å². The van der Waals surface area contributed by atoms with Crippen molar-refractivity contribution in [3.8, 4) is 0 Å². The predicted octanol–water partition coefficient (Wildman–Crippen LogP) is 0.402. The quantitative estimate of drug-likeness (QED) is 0.329. The minimum Gasteiger partial charge on any atom is -0.368 e. The molecule has 3 heterocycles. The van der Waals surface area contributed by atoms with E-state index in [4.69, 9.17) is 5.73 Å². The molecule has 3 aromatic heterocycles. The molecule has 0 aliphatic heterocycles. The van der Waals surface area contributed by atoms with E-state index in [1.54, 1.807) is 23.4 Å². The summed E-state index contributed by atoms with van der Waals surface area (Å²) in [6, 6.07) is 0. The van der Waals surface area contributed by atoms with Crippen molar-refractivity contribution in [3.63, 3.8) is 0 Å². The third-order valence-electron chi connectivity index (χ3n) is 3.86. The van der Waals surface area contributed by atoms with Crippen LogP contribution in [-0.4, -0.2) is 58.3 Å². The van der Waals surface area contributed by atoms with E-state index in [9.17, 15) is 10.1 Å². The highest BCUT2D eigenvalue weighted by Gasteiger charge is 2.21. The molecule has 0 aromatic carbocycles. The first-order chi connectivity index (χ1) is 13.3. The molecule has 0 bridgehead atoms. The Bertz CT molecular complexity index is 1010. The van der Waals surface area contributed by atoms with Gasteiger partial charge >= 0.3 is 5.82 Å². The van der Waals surface area contributed by atoms with Gasteiger partial charge in [-0.15, -0.1) is 10.2 Å². The van der Waals surface area contributed by atoms with Gasteiger partial charge in [-0.1, -0.05) is 11.8 Å². The molecular weight excluding hydrogens is 386 g/mol. The highest BCUT2D eigenvalue weighted by molar-refractivity contribution is 7.98. The highest BCUT2D eigenvalue weighted by Crippen LogP contribution is 2.22. The zero-order chi connectivity index (χ0) is 20.4. The van der Waals surface area contributed by atoms with Crippen molar-refractivity contribution in [2.75, 3.05) is 24.7 Å². The molecule has 28 heavy (non-hydrogen) atoms. The molecule has 0 aliphatic rings. The molecule has 0 aliphatic carbocycles. The van der Waals surface area contributed by atoms with Crippen LogP contribution < -0.4 is 10.6 Å². The van der Waals surface area contributed by atoms with Crippen LogP contribution in [0.5, 0.6) is 0 Å². The maximum atomic E-state index is 11.1. The second-order valence-electron chi connectivity index (χ2n) is 6.06. The number of aromatic nitrogens is 8. The van der Waals surface area contributed by atoms with Gasteiger partial charge in [-0.05, 0) is 4.92 Å². The van der Waals surface area contributed by atoms with Crippen LogP contribution in [0.15, 0.2) is 11.4 Å². The lowest BCUT2D eigenvalue weighted by atomic mass is 10.5. The van der Waals surface area contributed by atoms with Crippen molar-refractivity contribution in [1.82, 2.24) is 39.3 Å². The standard InChI is InChI=1S/C14H19N11O2S/c1-8-16-5-11(25(26)27)24(8)6-10-20-21-14(23(10)4)28-7-9-17-12(15)19-13(18-9)22(2)3/h5H,6-7H2,1-4H3,(H2,15,17,18,19). The Morgan fingerprint density at radius 2 is 2.04 bits per heavy atom. The van der Waals surface area contributed by atoms with Crippen LogP contribution in [0.25, 0.3) is 0 Å². The van der Waals surface area contributed by atoms with Crippen molar-refractivity contribution < 1.29 is 4.92 Å². The minimum absolute atomic E-state index is 0.0911. The van der Waals surface area contributed by atoms with E-state index in [0.29, 0.717) is 34.3 Å². The van der Waals surface area contributed by atoms with Gasteiger partial charge in [-0.25, -0.2) is 9.55 Å². The number of anilines is 2. The number of rotatable bonds is 7. The molecule has 0 atom stereocenters. The Hall–Kier alpha value is -3.29. The fourth-order valence-corrected chi connectivity index (χ4v) is 3.15. The summed E-state index contributed by atoms with van der Waals surface area (Å²) in [4.78, 5) is 28.9. The average molecular weight is 405 g/mol. The number of hydrogen-bond donors (Lipinski definition) is 1. The van der Waals surface area contributed by atoms with Gasteiger partial charge in [0.05, 0.1) is 5.75 Å². The van der Waals surface area contributed by atoms with Crippen LogP contribution in [-0.2, 0) is 19.3 Å². The van der Waals surface area contributed by atoms with Crippen molar-refractivity contribution >= 4 is 29.5 Å². The second-order valence-corrected chi connectivity index (χ2v) is 7.00. The molecule has 3 rings (SSSR count). The van der Waals surface area contributed by atoms with Crippen LogP contribution >= 0.6 is 11.8 Å². The molecule has 14 heteroatoms. The molecule has 148 valence electrons. The van der Waals surface area contributed by atoms with Crippen molar-refractivity contribution in [3.05, 3.63) is 33.8 Å². The number of nitrogens with zero attached hydrogens (tertiary/aromatic N) is 10. The molecule has 3 aromatic rings. The zero-order valence-corrected chi connectivity index (χ0v) is 16.6. The number of nitrogens with two attached hydrogens (primary N) is 1. The number of aryl methyl sites for hydroxylation is 1. The maximum absolute atomic E-state index is 11.1. The Balaban J connectivity index is 1.76. The van der Waals surface area contributed by atoms with Crippen molar-refractivity contribution in [2.45, 2.75) is 24.4 Å². The number of hydrogen-bond acceptors (Lipinski definition) is 11. The number of nitrogen functional groups attached to an aromatic ring is 1. The fourth-order valence-electron chi connectivity index (χ4n) is 2.37. The molecule has 0 saturated heterocycles. The summed E-state index contributed by atoms with van der Waals surface area (Å²) in [5.41, 5.74) is 5.73. The lowest BCUT2D eigenvalue weighted by Crippen LogP contribution is -2.16.